The molecule has 1 N–H and O–H groups in total. The summed E-state index contributed by atoms with van der Waals surface area (Å²) in [4.78, 5) is 39.0. The number of rotatable bonds is 8. The van der Waals surface area contributed by atoms with Gasteiger partial charge in [0.2, 0.25) is 5.78 Å². The van der Waals surface area contributed by atoms with Crippen molar-refractivity contribution >= 4 is 28.3 Å². The number of ketones is 1. The van der Waals surface area contributed by atoms with Crippen molar-refractivity contribution in [1.29, 1.82) is 0 Å². The third-order valence-electron chi connectivity index (χ3n) is 4.51. The fourth-order valence-electron chi connectivity index (χ4n) is 3.21. The average Bonchev–Trinajstić information content (AvgIpc) is 3.07. The Bertz CT molecular complexity index is 1130. The van der Waals surface area contributed by atoms with Crippen LogP contribution < -0.4 is 9.47 Å². The smallest absolute Gasteiger partial charge is 0.345 e. The van der Waals surface area contributed by atoms with E-state index in [0.29, 0.717) is 16.6 Å². The largest absolute Gasteiger partial charge is 0.493 e. The summed E-state index contributed by atoms with van der Waals surface area (Å²) in [7, 11) is 1.34. The first-order valence-corrected chi connectivity index (χ1v) is 9.14. The molecule has 3 rings (SSSR count). The Hall–Kier alpha value is -3.88. The summed E-state index contributed by atoms with van der Waals surface area (Å²) in [6.07, 6.45) is 0. The zero-order chi connectivity index (χ0) is 21.8. The molecule has 0 aliphatic carbocycles. The first-order valence-electron chi connectivity index (χ1n) is 9.14. The van der Waals surface area contributed by atoms with Crippen LogP contribution in [0.4, 0.5) is 5.69 Å². The van der Waals surface area contributed by atoms with Gasteiger partial charge in [-0.2, -0.15) is 0 Å². The van der Waals surface area contributed by atoms with E-state index in [4.69, 9.17) is 14.2 Å². The van der Waals surface area contributed by atoms with Crippen molar-refractivity contribution in [3.63, 3.8) is 0 Å². The third-order valence-corrected chi connectivity index (χ3v) is 4.51. The summed E-state index contributed by atoms with van der Waals surface area (Å²) in [5.41, 5.74) is 1.02. The van der Waals surface area contributed by atoms with Gasteiger partial charge in [0.1, 0.15) is 5.56 Å². The number of Topliss-reactive ketones (excluding diaryl/α,β-unsaturated/α-hetero) is 1. The highest BCUT2D eigenvalue weighted by Gasteiger charge is 2.27. The second kappa shape index (κ2) is 8.64. The zero-order valence-corrected chi connectivity index (χ0v) is 16.7. The molecule has 9 heteroatoms. The average molecular weight is 412 g/mol. The molecule has 0 saturated carbocycles. The van der Waals surface area contributed by atoms with Gasteiger partial charge < -0.3 is 19.2 Å². The van der Waals surface area contributed by atoms with Crippen molar-refractivity contribution in [2.24, 2.45) is 0 Å². The van der Waals surface area contributed by atoms with Gasteiger partial charge in [0.05, 0.1) is 24.7 Å². The van der Waals surface area contributed by atoms with Crippen LogP contribution in [0.15, 0.2) is 36.4 Å². The lowest BCUT2D eigenvalue weighted by molar-refractivity contribution is -0.385. The summed E-state index contributed by atoms with van der Waals surface area (Å²) in [6.45, 7) is 3.18. The number of H-pyrrole nitrogens is 1. The quantitative estimate of drug-likeness (QED) is 0.258. The lowest BCUT2D eigenvalue weighted by atomic mass is 10.1. The van der Waals surface area contributed by atoms with E-state index in [1.807, 2.05) is 12.1 Å². The molecule has 0 bridgehead atoms. The Morgan fingerprint density at radius 1 is 1.17 bits per heavy atom. The molecule has 9 nitrogen and oxygen atoms in total. The number of fused-ring (bicyclic) bond motifs is 1. The van der Waals surface area contributed by atoms with Crippen molar-refractivity contribution < 1.29 is 28.7 Å². The SMILES string of the molecule is CCOc1cc(C(=O)OCC(=O)c2c(C)[nH]c3ccccc23)c([N+](=O)[O-])cc1OC. The maximum Gasteiger partial charge on any atom is 0.345 e. The normalized spacial score (nSPS) is 10.6. The summed E-state index contributed by atoms with van der Waals surface area (Å²) >= 11 is 0. The van der Waals surface area contributed by atoms with Crippen LogP contribution in [0.5, 0.6) is 11.5 Å². The number of nitro groups is 1. The van der Waals surface area contributed by atoms with Gasteiger partial charge >= 0.3 is 5.97 Å². The van der Waals surface area contributed by atoms with Crippen molar-refractivity contribution in [2.75, 3.05) is 20.3 Å². The lowest BCUT2D eigenvalue weighted by Crippen LogP contribution is -2.16. The molecule has 1 aromatic heterocycles. The van der Waals surface area contributed by atoms with E-state index < -0.39 is 29.0 Å². The van der Waals surface area contributed by atoms with Gasteiger partial charge in [-0.25, -0.2) is 4.79 Å². The molecule has 30 heavy (non-hydrogen) atoms. The Morgan fingerprint density at radius 2 is 1.90 bits per heavy atom. The number of hydrogen-bond donors (Lipinski definition) is 1. The molecule has 0 aliphatic heterocycles. The predicted octanol–water partition coefficient (Wildman–Crippen LogP) is 3.83. The number of nitrogens with one attached hydrogen (secondary N) is 1. The van der Waals surface area contributed by atoms with E-state index in [-0.39, 0.29) is 23.7 Å². The summed E-state index contributed by atoms with van der Waals surface area (Å²) in [5.74, 6) is -1.14. The van der Waals surface area contributed by atoms with Crippen molar-refractivity contribution in [3.05, 3.63) is 63.3 Å². The number of ether oxygens (including phenoxy) is 3. The molecule has 1 heterocycles. The number of aryl methyl sites for hydroxylation is 1. The van der Waals surface area contributed by atoms with Gasteiger partial charge in [-0.15, -0.1) is 0 Å². The maximum atomic E-state index is 12.7. The minimum atomic E-state index is -1.00. The fourth-order valence-corrected chi connectivity index (χ4v) is 3.21. The number of aromatic nitrogens is 1. The lowest BCUT2D eigenvalue weighted by Gasteiger charge is -2.11. The van der Waals surface area contributed by atoms with Crippen LogP contribution in [0.2, 0.25) is 0 Å². The predicted molar refractivity (Wildman–Crippen MR) is 108 cm³/mol. The van der Waals surface area contributed by atoms with Gasteiger partial charge in [0.25, 0.3) is 5.69 Å². The Balaban J connectivity index is 1.86. The molecule has 156 valence electrons. The minimum Gasteiger partial charge on any atom is -0.493 e. The summed E-state index contributed by atoms with van der Waals surface area (Å²) < 4.78 is 15.6. The van der Waals surface area contributed by atoms with Gasteiger partial charge in [0.15, 0.2) is 18.1 Å². The number of carbonyl (C=O) groups excluding carboxylic acids is 2. The Labute approximate surface area is 171 Å². The molecule has 0 saturated heterocycles. The molecule has 0 spiro atoms. The highest BCUT2D eigenvalue weighted by Crippen LogP contribution is 2.35. The van der Waals surface area contributed by atoms with E-state index >= 15 is 0 Å². The molecule has 0 unspecified atom stereocenters. The van der Waals surface area contributed by atoms with Crippen LogP contribution in [-0.2, 0) is 4.74 Å². The molecule has 0 atom stereocenters. The zero-order valence-electron chi connectivity index (χ0n) is 16.7. The number of hydrogen-bond acceptors (Lipinski definition) is 7. The molecule has 0 amide bonds. The first kappa shape index (κ1) is 20.8. The van der Waals surface area contributed by atoms with Crippen molar-refractivity contribution in [3.8, 4) is 11.5 Å². The number of nitrogens with zero attached hydrogens (tertiary/aromatic N) is 1. The molecule has 0 aliphatic rings. The molecule has 2 aromatic carbocycles. The van der Waals surface area contributed by atoms with E-state index in [0.717, 1.165) is 11.6 Å². The van der Waals surface area contributed by atoms with Crippen LogP contribution in [0, 0.1) is 17.0 Å². The van der Waals surface area contributed by atoms with Crippen LogP contribution >= 0.6 is 0 Å². The standard InChI is InChI=1S/C21H20N2O7/c1-4-29-19-9-14(16(23(26)27)10-18(19)28-3)21(25)30-11-17(24)20-12(2)22-15-8-6-5-7-13(15)20/h5-10,22H,4,11H2,1-3H3. The number of methoxy groups -OCH3 is 1. The summed E-state index contributed by atoms with van der Waals surface area (Å²) in [5, 5.41) is 12.1. The second-order valence-corrected chi connectivity index (χ2v) is 6.38. The van der Waals surface area contributed by atoms with Crippen LogP contribution in [-0.4, -0.2) is 42.0 Å². The number of aromatic amines is 1. The molecule has 0 fully saturated rings. The van der Waals surface area contributed by atoms with Crippen LogP contribution in [0.25, 0.3) is 10.9 Å². The Kier molecular flexibility index (Phi) is 6.01. The van der Waals surface area contributed by atoms with Crippen molar-refractivity contribution in [2.45, 2.75) is 13.8 Å². The van der Waals surface area contributed by atoms with Crippen LogP contribution in [0.3, 0.4) is 0 Å². The molecule has 3 aromatic rings. The molecular formula is C21H20N2O7. The fraction of sp³-hybridized carbons (Fsp3) is 0.238. The number of esters is 1. The first-order chi connectivity index (χ1) is 14.4. The van der Waals surface area contributed by atoms with Gasteiger partial charge in [-0.1, -0.05) is 18.2 Å². The van der Waals surface area contributed by atoms with E-state index in [9.17, 15) is 19.7 Å². The van der Waals surface area contributed by atoms with E-state index in [1.165, 1.54) is 13.2 Å². The minimum absolute atomic E-state index is 0.116. The third kappa shape index (κ3) is 3.95. The number of carbonyl (C=O) groups is 2. The van der Waals surface area contributed by atoms with Crippen molar-refractivity contribution in [1.82, 2.24) is 4.98 Å². The van der Waals surface area contributed by atoms with Gasteiger partial charge in [0, 0.05) is 28.2 Å². The van der Waals surface area contributed by atoms with Gasteiger partial charge in [-0.3, -0.25) is 14.9 Å². The topological polar surface area (TPSA) is 121 Å². The van der Waals surface area contributed by atoms with Gasteiger partial charge in [-0.05, 0) is 19.9 Å². The number of nitro benzene ring substituents is 1. The number of benzene rings is 2. The second-order valence-electron chi connectivity index (χ2n) is 6.38. The highest BCUT2D eigenvalue weighted by atomic mass is 16.6. The van der Waals surface area contributed by atoms with E-state index in [2.05, 4.69) is 4.98 Å². The number of para-hydroxylation sites is 1. The van der Waals surface area contributed by atoms with E-state index in [1.54, 1.807) is 26.0 Å². The molecular weight excluding hydrogens is 392 g/mol. The van der Waals surface area contributed by atoms with Crippen LogP contribution in [0.1, 0.15) is 33.3 Å². The summed E-state index contributed by atoms with van der Waals surface area (Å²) in [6, 6.07) is 9.54. The monoisotopic (exact) mass is 412 g/mol. The maximum absolute atomic E-state index is 12.7. The Morgan fingerprint density at radius 3 is 2.57 bits per heavy atom. The molecule has 0 radical (unpaired) electrons. The highest BCUT2D eigenvalue weighted by molar-refractivity contribution is 6.10.